The normalized spacial score (nSPS) is 15.5. The van der Waals surface area contributed by atoms with Crippen LogP contribution in [0.25, 0.3) is 0 Å². The lowest BCUT2D eigenvalue weighted by molar-refractivity contribution is -0.137. The molecule has 1 amide bonds. The van der Waals surface area contributed by atoms with Crippen molar-refractivity contribution in [3.8, 4) is 5.75 Å². The highest BCUT2D eigenvalue weighted by molar-refractivity contribution is 5.97. The SMILES string of the molecule is C=CCOc1ccccc1C(=O)N1CCCN(Cc2ccc(C(F)(F)F)cc2)CC1. The van der Waals surface area contributed by atoms with E-state index in [-0.39, 0.29) is 5.91 Å². The molecule has 160 valence electrons. The number of halogens is 3. The van der Waals surface area contributed by atoms with Gasteiger partial charge in [-0.25, -0.2) is 0 Å². The fraction of sp³-hybridized carbons (Fsp3) is 0.348. The predicted molar refractivity (Wildman–Crippen MR) is 109 cm³/mol. The molecule has 7 heteroatoms. The Bertz CT molecular complexity index is 865. The van der Waals surface area contributed by atoms with Crippen molar-refractivity contribution in [3.63, 3.8) is 0 Å². The van der Waals surface area contributed by atoms with Crippen molar-refractivity contribution in [3.05, 3.63) is 77.9 Å². The van der Waals surface area contributed by atoms with Gasteiger partial charge in [-0.05, 0) is 36.2 Å². The number of benzene rings is 2. The van der Waals surface area contributed by atoms with Crippen LogP contribution in [-0.4, -0.2) is 48.5 Å². The molecule has 0 aliphatic carbocycles. The molecular formula is C23H25F3N2O2. The molecule has 1 aliphatic heterocycles. The number of ether oxygens (including phenoxy) is 1. The van der Waals surface area contributed by atoms with Crippen LogP contribution in [0.1, 0.15) is 27.9 Å². The highest BCUT2D eigenvalue weighted by Gasteiger charge is 2.30. The summed E-state index contributed by atoms with van der Waals surface area (Å²) in [7, 11) is 0. The zero-order valence-electron chi connectivity index (χ0n) is 16.7. The third-order valence-corrected chi connectivity index (χ3v) is 5.04. The molecule has 0 unspecified atom stereocenters. The number of rotatable bonds is 6. The van der Waals surface area contributed by atoms with Crippen molar-refractivity contribution in [2.24, 2.45) is 0 Å². The molecule has 0 radical (unpaired) electrons. The maximum absolute atomic E-state index is 13.0. The summed E-state index contributed by atoms with van der Waals surface area (Å²) in [5.74, 6) is 0.458. The number of alkyl halides is 3. The van der Waals surface area contributed by atoms with Gasteiger partial charge in [-0.15, -0.1) is 0 Å². The van der Waals surface area contributed by atoms with E-state index in [9.17, 15) is 18.0 Å². The Balaban J connectivity index is 1.61. The molecule has 1 aliphatic rings. The largest absolute Gasteiger partial charge is 0.489 e. The van der Waals surface area contributed by atoms with Gasteiger partial charge in [0, 0.05) is 32.7 Å². The van der Waals surface area contributed by atoms with Crippen molar-refractivity contribution in [2.45, 2.75) is 19.1 Å². The number of amides is 1. The van der Waals surface area contributed by atoms with E-state index >= 15 is 0 Å². The van der Waals surface area contributed by atoms with Gasteiger partial charge in [-0.2, -0.15) is 13.2 Å². The Hall–Kier alpha value is -2.80. The predicted octanol–water partition coefficient (Wildman–Crippen LogP) is 4.62. The van der Waals surface area contributed by atoms with E-state index in [4.69, 9.17) is 4.74 Å². The van der Waals surface area contributed by atoms with Gasteiger partial charge in [0.25, 0.3) is 5.91 Å². The number of hydrogen-bond donors (Lipinski definition) is 0. The molecule has 3 rings (SSSR count). The molecule has 1 saturated heterocycles. The van der Waals surface area contributed by atoms with Crippen LogP contribution >= 0.6 is 0 Å². The van der Waals surface area contributed by atoms with Crippen molar-refractivity contribution in [1.29, 1.82) is 0 Å². The number of carbonyl (C=O) groups excluding carboxylic acids is 1. The molecule has 1 heterocycles. The van der Waals surface area contributed by atoms with E-state index in [2.05, 4.69) is 11.5 Å². The van der Waals surface area contributed by atoms with E-state index < -0.39 is 11.7 Å². The zero-order chi connectivity index (χ0) is 21.6. The van der Waals surface area contributed by atoms with Crippen LogP contribution in [0.5, 0.6) is 5.75 Å². The van der Waals surface area contributed by atoms with Crippen molar-refractivity contribution in [1.82, 2.24) is 9.80 Å². The van der Waals surface area contributed by atoms with Crippen LogP contribution in [-0.2, 0) is 12.7 Å². The second-order valence-corrected chi connectivity index (χ2v) is 7.21. The number of hydrogen-bond acceptors (Lipinski definition) is 3. The average Bonchev–Trinajstić information content (AvgIpc) is 2.97. The molecule has 4 nitrogen and oxygen atoms in total. The maximum Gasteiger partial charge on any atom is 0.416 e. The van der Waals surface area contributed by atoms with Crippen LogP contribution in [0.2, 0.25) is 0 Å². The molecule has 2 aromatic rings. The molecule has 0 saturated carbocycles. The Labute approximate surface area is 174 Å². The summed E-state index contributed by atoms with van der Waals surface area (Å²) in [5, 5.41) is 0. The van der Waals surface area contributed by atoms with Crippen molar-refractivity contribution in [2.75, 3.05) is 32.8 Å². The van der Waals surface area contributed by atoms with Crippen molar-refractivity contribution >= 4 is 5.91 Å². The van der Waals surface area contributed by atoms with Gasteiger partial charge in [0.1, 0.15) is 12.4 Å². The first-order valence-corrected chi connectivity index (χ1v) is 9.89. The molecule has 0 atom stereocenters. The topological polar surface area (TPSA) is 32.8 Å². The second-order valence-electron chi connectivity index (χ2n) is 7.21. The van der Waals surface area contributed by atoms with Gasteiger partial charge in [0.05, 0.1) is 11.1 Å². The fourth-order valence-electron chi connectivity index (χ4n) is 3.48. The monoisotopic (exact) mass is 418 g/mol. The maximum atomic E-state index is 13.0. The Kier molecular flexibility index (Phi) is 7.15. The summed E-state index contributed by atoms with van der Waals surface area (Å²) in [6.07, 6.45) is -1.90. The number of para-hydroxylation sites is 1. The summed E-state index contributed by atoms with van der Waals surface area (Å²) in [4.78, 5) is 17.0. The lowest BCUT2D eigenvalue weighted by Crippen LogP contribution is -2.35. The van der Waals surface area contributed by atoms with E-state index in [0.29, 0.717) is 44.1 Å². The lowest BCUT2D eigenvalue weighted by atomic mass is 10.1. The first-order chi connectivity index (χ1) is 14.4. The quantitative estimate of drug-likeness (QED) is 0.642. The zero-order valence-corrected chi connectivity index (χ0v) is 16.7. The Morgan fingerprint density at radius 2 is 1.77 bits per heavy atom. The first-order valence-electron chi connectivity index (χ1n) is 9.89. The first kappa shape index (κ1) is 21.9. The third kappa shape index (κ3) is 5.63. The molecule has 30 heavy (non-hydrogen) atoms. The van der Waals surface area contributed by atoms with Gasteiger partial charge in [-0.3, -0.25) is 9.69 Å². The standard InChI is InChI=1S/C23H25F3N2O2/c1-2-16-30-21-7-4-3-6-20(21)22(29)28-13-5-12-27(14-15-28)17-18-8-10-19(11-9-18)23(24,25)26/h2-4,6-11H,1,5,12-17H2. The van der Waals surface area contributed by atoms with Crippen LogP contribution in [0.3, 0.4) is 0 Å². The van der Waals surface area contributed by atoms with Gasteiger partial charge < -0.3 is 9.64 Å². The molecular weight excluding hydrogens is 393 g/mol. The minimum absolute atomic E-state index is 0.0777. The third-order valence-electron chi connectivity index (χ3n) is 5.04. The summed E-state index contributed by atoms with van der Waals surface area (Å²) >= 11 is 0. The van der Waals surface area contributed by atoms with E-state index in [1.807, 2.05) is 17.0 Å². The molecule has 0 N–H and O–H groups in total. The summed E-state index contributed by atoms with van der Waals surface area (Å²) < 4.78 is 43.8. The highest BCUT2D eigenvalue weighted by atomic mass is 19.4. The molecule has 1 fully saturated rings. The smallest absolute Gasteiger partial charge is 0.416 e. The summed E-state index contributed by atoms with van der Waals surface area (Å²) in [6.45, 7) is 7.12. The Morgan fingerprint density at radius 3 is 2.47 bits per heavy atom. The van der Waals surface area contributed by atoms with Crippen LogP contribution in [0, 0.1) is 0 Å². The van der Waals surface area contributed by atoms with E-state index in [0.717, 1.165) is 30.7 Å². The lowest BCUT2D eigenvalue weighted by Gasteiger charge is -2.23. The average molecular weight is 418 g/mol. The minimum atomic E-state index is -4.33. The molecule has 0 aromatic heterocycles. The second kappa shape index (κ2) is 9.80. The van der Waals surface area contributed by atoms with Gasteiger partial charge >= 0.3 is 6.18 Å². The van der Waals surface area contributed by atoms with E-state index in [1.54, 1.807) is 18.2 Å². The minimum Gasteiger partial charge on any atom is -0.489 e. The highest BCUT2D eigenvalue weighted by Crippen LogP contribution is 2.29. The molecule has 0 bridgehead atoms. The van der Waals surface area contributed by atoms with Crippen LogP contribution in [0.15, 0.2) is 61.2 Å². The summed E-state index contributed by atoms with van der Waals surface area (Å²) in [5.41, 5.74) is 0.706. The van der Waals surface area contributed by atoms with Gasteiger partial charge in [-0.1, -0.05) is 36.9 Å². The fourth-order valence-corrected chi connectivity index (χ4v) is 3.48. The molecule has 2 aromatic carbocycles. The number of nitrogens with zero attached hydrogens (tertiary/aromatic N) is 2. The van der Waals surface area contributed by atoms with Crippen molar-refractivity contribution < 1.29 is 22.7 Å². The van der Waals surface area contributed by atoms with Crippen LogP contribution in [0.4, 0.5) is 13.2 Å². The Morgan fingerprint density at radius 1 is 1.03 bits per heavy atom. The van der Waals surface area contributed by atoms with Crippen LogP contribution < -0.4 is 4.74 Å². The summed E-state index contributed by atoms with van der Waals surface area (Å²) in [6, 6.07) is 12.4. The van der Waals surface area contributed by atoms with E-state index in [1.165, 1.54) is 12.1 Å². The number of carbonyl (C=O) groups is 1. The van der Waals surface area contributed by atoms with Gasteiger partial charge in [0.15, 0.2) is 0 Å². The molecule has 0 spiro atoms. The van der Waals surface area contributed by atoms with Gasteiger partial charge in [0.2, 0.25) is 0 Å².